The van der Waals surface area contributed by atoms with Gasteiger partial charge in [-0.3, -0.25) is 14.6 Å². The van der Waals surface area contributed by atoms with E-state index in [9.17, 15) is 9.59 Å². The number of pyridine rings is 1. The number of hydrogen-bond donors (Lipinski definition) is 2. The van der Waals surface area contributed by atoms with Crippen molar-refractivity contribution in [2.45, 2.75) is 26.2 Å². The summed E-state index contributed by atoms with van der Waals surface area (Å²) in [6.07, 6.45) is 5.38. The predicted octanol–water partition coefficient (Wildman–Crippen LogP) is 4.36. The molecular formula is C22H19ClN4O3. The molecule has 2 N–H and O–H groups in total. The molecule has 0 aliphatic heterocycles. The molecule has 2 amide bonds. The van der Waals surface area contributed by atoms with Crippen LogP contribution in [-0.2, 0) is 6.42 Å². The van der Waals surface area contributed by atoms with Gasteiger partial charge in [-0.1, -0.05) is 23.7 Å². The number of fused-ring (bicyclic) bond motifs is 1. The Bertz CT molecular complexity index is 1140. The second kappa shape index (κ2) is 8.51. The van der Waals surface area contributed by atoms with Crippen LogP contribution >= 0.6 is 11.6 Å². The van der Waals surface area contributed by atoms with E-state index >= 15 is 0 Å². The molecule has 0 unspecified atom stereocenters. The first-order chi connectivity index (χ1) is 14.5. The summed E-state index contributed by atoms with van der Waals surface area (Å²) in [6.45, 7) is 1.82. The number of furan rings is 1. The van der Waals surface area contributed by atoms with Crippen molar-refractivity contribution in [3.63, 3.8) is 0 Å². The highest BCUT2D eigenvalue weighted by Gasteiger charge is 2.28. The maximum Gasteiger partial charge on any atom is 0.291 e. The molecule has 30 heavy (non-hydrogen) atoms. The molecule has 3 aromatic rings. The average molecular weight is 423 g/mol. The molecule has 152 valence electrons. The molecule has 4 rings (SSSR count). The quantitative estimate of drug-likeness (QED) is 0.610. The number of aryl methyl sites for hydroxylation is 1. The van der Waals surface area contributed by atoms with Crippen LogP contribution in [0.4, 0.5) is 5.69 Å². The molecule has 0 fully saturated rings. The van der Waals surface area contributed by atoms with Crippen molar-refractivity contribution in [3.8, 4) is 0 Å². The Hall–Kier alpha value is -3.45. The van der Waals surface area contributed by atoms with Crippen molar-refractivity contribution in [2.24, 2.45) is 5.10 Å². The molecule has 0 radical (unpaired) electrons. The van der Waals surface area contributed by atoms with Crippen molar-refractivity contribution < 1.29 is 14.0 Å². The van der Waals surface area contributed by atoms with Crippen molar-refractivity contribution in [3.05, 3.63) is 82.0 Å². The summed E-state index contributed by atoms with van der Waals surface area (Å²) in [5, 5.41) is 7.48. The Morgan fingerprint density at radius 2 is 1.87 bits per heavy atom. The number of carbonyl (C=O) groups is 2. The topological polar surface area (TPSA) is 96.6 Å². The van der Waals surface area contributed by atoms with Crippen molar-refractivity contribution in [1.29, 1.82) is 0 Å². The van der Waals surface area contributed by atoms with E-state index < -0.39 is 5.91 Å². The highest BCUT2D eigenvalue weighted by molar-refractivity contribution is 6.33. The summed E-state index contributed by atoms with van der Waals surface area (Å²) in [5.74, 6) is 0.206. The summed E-state index contributed by atoms with van der Waals surface area (Å²) in [5.41, 5.74) is 5.70. The van der Waals surface area contributed by atoms with Crippen molar-refractivity contribution in [2.75, 3.05) is 5.32 Å². The van der Waals surface area contributed by atoms with Gasteiger partial charge in [-0.05, 0) is 44.0 Å². The number of halogens is 1. The molecular weight excluding hydrogens is 404 g/mol. The summed E-state index contributed by atoms with van der Waals surface area (Å²) < 4.78 is 5.87. The lowest BCUT2D eigenvalue weighted by Gasteiger charge is -2.13. The zero-order chi connectivity index (χ0) is 21.1. The number of anilines is 1. The van der Waals surface area contributed by atoms with Crippen LogP contribution in [0, 0.1) is 6.92 Å². The highest BCUT2D eigenvalue weighted by atomic mass is 35.5. The van der Waals surface area contributed by atoms with Gasteiger partial charge in [0.05, 0.1) is 16.3 Å². The maximum atomic E-state index is 12.7. The van der Waals surface area contributed by atoms with Gasteiger partial charge in [-0.15, -0.1) is 0 Å². The van der Waals surface area contributed by atoms with E-state index in [4.69, 9.17) is 16.0 Å². The van der Waals surface area contributed by atoms with E-state index in [1.54, 1.807) is 48.8 Å². The molecule has 2 aromatic heterocycles. The number of hydrazone groups is 1. The van der Waals surface area contributed by atoms with E-state index in [1.807, 2.05) is 6.92 Å². The molecule has 0 atom stereocenters. The minimum Gasteiger partial charge on any atom is -0.455 e. The number of benzene rings is 1. The summed E-state index contributed by atoms with van der Waals surface area (Å²) in [4.78, 5) is 29.1. The van der Waals surface area contributed by atoms with E-state index in [1.165, 1.54) is 0 Å². The van der Waals surface area contributed by atoms with Crippen LogP contribution in [0.25, 0.3) is 0 Å². The molecule has 7 nitrogen and oxygen atoms in total. The van der Waals surface area contributed by atoms with E-state index in [2.05, 4.69) is 20.8 Å². The Morgan fingerprint density at radius 1 is 1.10 bits per heavy atom. The van der Waals surface area contributed by atoms with Gasteiger partial charge in [0.25, 0.3) is 11.8 Å². The Labute approximate surface area is 178 Å². The number of hydrogen-bond acceptors (Lipinski definition) is 5. The number of nitrogens with zero attached hydrogens (tertiary/aromatic N) is 2. The predicted molar refractivity (Wildman–Crippen MR) is 114 cm³/mol. The van der Waals surface area contributed by atoms with E-state index in [-0.39, 0.29) is 11.7 Å². The smallest absolute Gasteiger partial charge is 0.291 e. The van der Waals surface area contributed by atoms with Gasteiger partial charge in [0.1, 0.15) is 5.76 Å². The minimum atomic E-state index is -0.392. The first-order valence-electron chi connectivity index (χ1n) is 9.50. The molecule has 0 bridgehead atoms. The Balaban J connectivity index is 1.58. The van der Waals surface area contributed by atoms with Gasteiger partial charge in [-0.2, -0.15) is 5.10 Å². The van der Waals surface area contributed by atoms with Gasteiger partial charge in [-0.25, -0.2) is 5.43 Å². The van der Waals surface area contributed by atoms with Crippen LogP contribution in [0.1, 0.15) is 50.6 Å². The third-order valence-electron chi connectivity index (χ3n) is 4.88. The minimum absolute atomic E-state index is 0.240. The molecule has 2 heterocycles. The van der Waals surface area contributed by atoms with Crippen LogP contribution in [0.2, 0.25) is 5.02 Å². The van der Waals surface area contributed by atoms with E-state index in [0.717, 1.165) is 12.0 Å². The molecule has 1 aromatic carbocycles. The van der Waals surface area contributed by atoms with Gasteiger partial charge < -0.3 is 9.73 Å². The molecule has 0 spiro atoms. The zero-order valence-electron chi connectivity index (χ0n) is 16.2. The third-order valence-corrected chi connectivity index (χ3v) is 5.21. The Morgan fingerprint density at radius 3 is 2.63 bits per heavy atom. The fourth-order valence-corrected chi connectivity index (χ4v) is 3.67. The fourth-order valence-electron chi connectivity index (χ4n) is 3.44. The first kappa shape index (κ1) is 19.8. The lowest BCUT2D eigenvalue weighted by atomic mass is 9.93. The second-order valence-electron chi connectivity index (χ2n) is 6.88. The molecule has 0 saturated carbocycles. The summed E-state index contributed by atoms with van der Waals surface area (Å²) in [6, 6.07) is 10.2. The fraction of sp³-hybridized carbons (Fsp3) is 0.182. The lowest BCUT2D eigenvalue weighted by Crippen LogP contribution is -2.22. The SMILES string of the molecule is Cc1c(C(=O)Nc2ccncc2)oc2c1/C(=N/NC(=O)c1ccccc1Cl)CCC2. The van der Waals surface area contributed by atoms with Gasteiger partial charge >= 0.3 is 0 Å². The maximum absolute atomic E-state index is 12.7. The number of rotatable bonds is 4. The van der Waals surface area contributed by atoms with Crippen LogP contribution in [0.5, 0.6) is 0 Å². The van der Waals surface area contributed by atoms with Gasteiger partial charge in [0.2, 0.25) is 0 Å². The molecule has 8 heteroatoms. The summed E-state index contributed by atoms with van der Waals surface area (Å²) >= 11 is 6.08. The van der Waals surface area contributed by atoms with Crippen LogP contribution in [0.3, 0.4) is 0 Å². The molecule has 0 saturated heterocycles. The lowest BCUT2D eigenvalue weighted by molar-refractivity contribution is 0.0953. The second-order valence-corrected chi connectivity index (χ2v) is 7.28. The monoisotopic (exact) mass is 422 g/mol. The molecule has 1 aliphatic carbocycles. The van der Waals surface area contributed by atoms with Crippen LogP contribution in [0.15, 0.2) is 58.3 Å². The highest BCUT2D eigenvalue weighted by Crippen LogP contribution is 2.30. The van der Waals surface area contributed by atoms with Gasteiger partial charge in [0, 0.05) is 35.6 Å². The zero-order valence-corrected chi connectivity index (χ0v) is 17.0. The first-order valence-corrected chi connectivity index (χ1v) is 9.88. The van der Waals surface area contributed by atoms with Crippen molar-refractivity contribution >= 4 is 34.8 Å². The van der Waals surface area contributed by atoms with E-state index in [0.29, 0.717) is 46.2 Å². The number of nitrogens with one attached hydrogen (secondary N) is 2. The summed E-state index contributed by atoms with van der Waals surface area (Å²) in [7, 11) is 0. The number of amides is 2. The normalized spacial score (nSPS) is 14.3. The number of carbonyl (C=O) groups excluding carboxylic acids is 2. The number of aromatic nitrogens is 1. The third kappa shape index (κ3) is 3.97. The van der Waals surface area contributed by atoms with Crippen molar-refractivity contribution in [1.82, 2.24) is 10.4 Å². The van der Waals surface area contributed by atoms with Gasteiger partial charge in [0.15, 0.2) is 5.76 Å². The molecule has 1 aliphatic rings. The van der Waals surface area contributed by atoms with Crippen LogP contribution < -0.4 is 10.7 Å². The Kier molecular flexibility index (Phi) is 5.63. The largest absolute Gasteiger partial charge is 0.455 e. The average Bonchev–Trinajstić information content (AvgIpc) is 3.10. The standard InChI is InChI=1S/C22H19ClN4O3/c1-13-19-17(26-27-21(28)15-5-2-3-6-16(15)23)7-4-8-18(19)30-20(13)22(29)25-14-9-11-24-12-10-14/h2-3,5-6,9-12H,4,7-8H2,1H3,(H,27,28)(H,24,25,29)/b26-17+. The van der Waals surface area contributed by atoms with Crippen LogP contribution in [-0.4, -0.2) is 22.5 Å².